The van der Waals surface area contributed by atoms with Crippen LogP contribution in [0, 0.1) is 16.7 Å². The van der Waals surface area contributed by atoms with Gasteiger partial charge in [-0.2, -0.15) is 0 Å². The molecule has 0 aliphatic heterocycles. The molecule has 0 amide bonds. The Hall–Kier alpha value is -0.790. The predicted octanol–water partition coefficient (Wildman–Crippen LogP) is 2.46. The average molecular weight is 207 g/mol. The Labute approximate surface area is 92.3 Å². The number of carbonyl (C=O) groups is 1. The standard InChI is InChI=1S/C13H21NO/c1-12(2)10-6-7-13(12,3)11(15)9(10)8-14(4)5/h8,10H,6-7H2,1-5H3. The highest BCUT2D eigenvalue weighted by Gasteiger charge is 2.63. The van der Waals surface area contributed by atoms with E-state index in [0.29, 0.717) is 11.7 Å². The van der Waals surface area contributed by atoms with E-state index in [1.54, 1.807) is 0 Å². The van der Waals surface area contributed by atoms with Gasteiger partial charge in [0.05, 0.1) is 0 Å². The minimum absolute atomic E-state index is 0.112. The van der Waals surface area contributed by atoms with Gasteiger partial charge in [0, 0.05) is 31.3 Å². The van der Waals surface area contributed by atoms with Crippen molar-refractivity contribution in [3.63, 3.8) is 0 Å². The van der Waals surface area contributed by atoms with Crippen molar-refractivity contribution in [3.8, 4) is 0 Å². The van der Waals surface area contributed by atoms with Crippen LogP contribution in [0.1, 0.15) is 33.6 Å². The number of carbonyl (C=O) groups excluding carboxylic acids is 1. The number of ketones is 1. The molecule has 2 atom stereocenters. The van der Waals surface area contributed by atoms with Crippen LogP contribution in [0.4, 0.5) is 0 Å². The molecule has 0 aromatic rings. The van der Waals surface area contributed by atoms with Gasteiger partial charge >= 0.3 is 0 Å². The smallest absolute Gasteiger partial charge is 0.167 e. The van der Waals surface area contributed by atoms with Gasteiger partial charge in [0.1, 0.15) is 0 Å². The predicted molar refractivity (Wildman–Crippen MR) is 61.4 cm³/mol. The summed E-state index contributed by atoms with van der Waals surface area (Å²) in [5.41, 5.74) is 1.09. The summed E-state index contributed by atoms with van der Waals surface area (Å²) in [6.45, 7) is 6.64. The monoisotopic (exact) mass is 207 g/mol. The summed E-state index contributed by atoms with van der Waals surface area (Å²) in [5.74, 6) is 0.856. The Morgan fingerprint density at radius 1 is 1.33 bits per heavy atom. The van der Waals surface area contributed by atoms with E-state index in [-0.39, 0.29) is 10.8 Å². The Morgan fingerprint density at radius 3 is 2.33 bits per heavy atom. The molecule has 2 bridgehead atoms. The molecule has 2 fully saturated rings. The van der Waals surface area contributed by atoms with E-state index in [2.05, 4.69) is 20.8 Å². The summed E-state index contributed by atoms with van der Waals surface area (Å²) < 4.78 is 0. The second-order valence-electron chi connectivity index (χ2n) is 6.02. The van der Waals surface area contributed by atoms with Crippen molar-refractivity contribution in [2.24, 2.45) is 16.7 Å². The Morgan fingerprint density at radius 2 is 1.93 bits per heavy atom. The highest BCUT2D eigenvalue weighted by atomic mass is 16.1. The first-order chi connectivity index (χ1) is 6.80. The molecule has 2 aliphatic rings. The molecule has 2 saturated carbocycles. The second-order valence-corrected chi connectivity index (χ2v) is 6.02. The molecule has 0 saturated heterocycles. The van der Waals surface area contributed by atoms with Gasteiger partial charge in [-0.1, -0.05) is 20.8 Å². The molecule has 84 valence electrons. The third kappa shape index (κ3) is 1.14. The average Bonchev–Trinajstić information content (AvgIpc) is 2.40. The van der Waals surface area contributed by atoms with Crippen LogP contribution in [0.15, 0.2) is 11.8 Å². The lowest BCUT2D eigenvalue weighted by Crippen LogP contribution is -2.32. The fourth-order valence-corrected chi connectivity index (χ4v) is 3.35. The molecule has 0 aromatic carbocycles. The third-order valence-corrected chi connectivity index (χ3v) is 4.76. The molecule has 0 heterocycles. The molecule has 0 N–H and O–H groups in total. The van der Waals surface area contributed by atoms with Crippen LogP contribution in [0.2, 0.25) is 0 Å². The van der Waals surface area contributed by atoms with Crippen LogP contribution < -0.4 is 0 Å². The first kappa shape index (κ1) is 10.7. The molecule has 2 heteroatoms. The Kier molecular flexibility index (Phi) is 2.05. The normalized spacial score (nSPS) is 40.2. The maximum atomic E-state index is 12.3. The van der Waals surface area contributed by atoms with Gasteiger partial charge in [-0.15, -0.1) is 0 Å². The molecular formula is C13H21NO. The van der Waals surface area contributed by atoms with Crippen molar-refractivity contribution in [2.45, 2.75) is 33.6 Å². The van der Waals surface area contributed by atoms with Gasteiger partial charge in [-0.05, 0) is 24.2 Å². The van der Waals surface area contributed by atoms with E-state index in [4.69, 9.17) is 0 Å². The van der Waals surface area contributed by atoms with E-state index in [1.807, 2.05) is 25.2 Å². The van der Waals surface area contributed by atoms with Crippen molar-refractivity contribution in [1.82, 2.24) is 4.90 Å². The van der Waals surface area contributed by atoms with Gasteiger partial charge in [0.25, 0.3) is 0 Å². The van der Waals surface area contributed by atoms with Crippen molar-refractivity contribution in [1.29, 1.82) is 0 Å². The molecule has 0 radical (unpaired) electrons. The van der Waals surface area contributed by atoms with Crippen LogP contribution in [0.25, 0.3) is 0 Å². The summed E-state index contributed by atoms with van der Waals surface area (Å²) in [7, 11) is 3.98. The van der Waals surface area contributed by atoms with E-state index in [1.165, 1.54) is 6.42 Å². The minimum Gasteiger partial charge on any atom is -0.383 e. The van der Waals surface area contributed by atoms with Crippen molar-refractivity contribution in [3.05, 3.63) is 11.8 Å². The molecule has 0 aromatic heterocycles. The van der Waals surface area contributed by atoms with Gasteiger partial charge in [-0.3, -0.25) is 4.79 Å². The number of allylic oxidation sites excluding steroid dienone is 1. The maximum absolute atomic E-state index is 12.3. The fraction of sp³-hybridized carbons (Fsp3) is 0.769. The van der Waals surface area contributed by atoms with E-state index >= 15 is 0 Å². The number of hydrogen-bond acceptors (Lipinski definition) is 2. The summed E-state index contributed by atoms with van der Waals surface area (Å²) >= 11 is 0. The minimum atomic E-state index is -0.112. The second kappa shape index (κ2) is 2.87. The molecular weight excluding hydrogens is 186 g/mol. The summed E-state index contributed by atoms with van der Waals surface area (Å²) in [6, 6.07) is 0. The van der Waals surface area contributed by atoms with Crippen molar-refractivity contribution >= 4 is 5.78 Å². The van der Waals surface area contributed by atoms with Crippen molar-refractivity contribution in [2.75, 3.05) is 14.1 Å². The number of fused-ring (bicyclic) bond motifs is 2. The van der Waals surface area contributed by atoms with Crippen LogP contribution in [-0.4, -0.2) is 24.8 Å². The summed E-state index contributed by atoms with van der Waals surface area (Å²) in [4.78, 5) is 14.3. The number of hydrogen-bond donors (Lipinski definition) is 0. The van der Waals surface area contributed by atoms with Gasteiger partial charge < -0.3 is 4.90 Å². The van der Waals surface area contributed by atoms with E-state index in [0.717, 1.165) is 12.0 Å². The molecule has 2 unspecified atom stereocenters. The molecule has 15 heavy (non-hydrogen) atoms. The van der Waals surface area contributed by atoms with Crippen LogP contribution >= 0.6 is 0 Å². The topological polar surface area (TPSA) is 20.3 Å². The number of rotatable bonds is 1. The molecule has 2 rings (SSSR count). The van der Waals surface area contributed by atoms with E-state index in [9.17, 15) is 4.79 Å². The van der Waals surface area contributed by atoms with Gasteiger partial charge in [-0.25, -0.2) is 0 Å². The Bertz CT molecular complexity index is 340. The van der Waals surface area contributed by atoms with Crippen LogP contribution in [-0.2, 0) is 4.79 Å². The highest BCUT2D eigenvalue weighted by Crippen LogP contribution is 2.65. The SMILES string of the molecule is CN(C)C=C1C(=O)C2(C)CCC1C2(C)C. The quantitative estimate of drug-likeness (QED) is 0.616. The fourth-order valence-electron chi connectivity index (χ4n) is 3.35. The summed E-state index contributed by atoms with van der Waals surface area (Å²) in [5, 5.41) is 0. The zero-order valence-corrected chi connectivity index (χ0v) is 10.4. The van der Waals surface area contributed by atoms with E-state index < -0.39 is 0 Å². The lowest BCUT2D eigenvalue weighted by atomic mass is 9.70. The molecule has 2 aliphatic carbocycles. The zero-order chi connectivity index (χ0) is 11.4. The molecule has 0 spiro atoms. The van der Waals surface area contributed by atoms with Crippen LogP contribution in [0.3, 0.4) is 0 Å². The lowest BCUT2D eigenvalue weighted by Gasteiger charge is -2.31. The number of nitrogens with zero attached hydrogens (tertiary/aromatic N) is 1. The first-order valence-corrected chi connectivity index (χ1v) is 5.73. The van der Waals surface area contributed by atoms with Crippen LogP contribution in [0.5, 0.6) is 0 Å². The third-order valence-electron chi connectivity index (χ3n) is 4.76. The first-order valence-electron chi connectivity index (χ1n) is 5.73. The van der Waals surface area contributed by atoms with Crippen molar-refractivity contribution < 1.29 is 4.79 Å². The van der Waals surface area contributed by atoms with Gasteiger partial charge in [0.15, 0.2) is 5.78 Å². The molecule has 2 nitrogen and oxygen atoms in total. The highest BCUT2D eigenvalue weighted by molar-refractivity contribution is 6.04. The zero-order valence-electron chi connectivity index (χ0n) is 10.4. The Balaban J connectivity index is 2.47. The summed E-state index contributed by atoms with van der Waals surface area (Å²) in [6.07, 6.45) is 4.27. The number of Topliss-reactive ketones (excluding diaryl/α,β-unsaturated/α-hetero) is 1. The van der Waals surface area contributed by atoms with Gasteiger partial charge in [0.2, 0.25) is 0 Å². The largest absolute Gasteiger partial charge is 0.383 e. The maximum Gasteiger partial charge on any atom is 0.167 e. The lowest BCUT2D eigenvalue weighted by molar-refractivity contribution is -0.125.